The zero-order chi connectivity index (χ0) is 26.5. The van der Waals surface area contributed by atoms with Crippen molar-refractivity contribution in [1.29, 1.82) is 5.26 Å². The first-order valence-electron chi connectivity index (χ1n) is 13.0. The van der Waals surface area contributed by atoms with E-state index >= 15 is 0 Å². The summed E-state index contributed by atoms with van der Waals surface area (Å²) in [6, 6.07) is 5.38. The van der Waals surface area contributed by atoms with Crippen molar-refractivity contribution in [2.75, 3.05) is 43.1 Å². The van der Waals surface area contributed by atoms with Crippen molar-refractivity contribution in [1.82, 2.24) is 14.9 Å². The molecule has 1 atom stereocenters. The summed E-state index contributed by atoms with van der Waals surface area (Å²) < 4.78 is 10.7. The van der Waals surface area contributed by atoms with Gasteiger partial charge in [0.15, 0.2) is 6.29 Å². The number of aromatic nitrogens is 2. The Morgan fingerprint density at radius 2 is 2.11 bits per heavy atom. The summed E-state index contributed by atoms with van der Waals surface area (Å²) in [4.78, 5) is 49.5. The van der Waals surface area contributed by atoms with Crippen LogP contribution in [0.5, 0.6) is 0 Å². The number of hydrogen-bond acceptors (Lipinski definition) is 8. The minimum absolute atomic E-state index is 0.193. The second kappa shape index (κ2) is 11.6. The van der Waals surface area contributed by atoms with E-state index in [1.54, 1.807) is 11.0 Å². The summed E-state index contributed by atoms with van der Waals surface area (Å²) >= 11 is 0. The second-order valence-electron chi connectivity index (χ2n) is 9.83. The van der Waals surface area contributed by atoms with Crippen LogP contribution in [0.1, 0.15) is 58.4 Å². The quantitative estimate of drug-likeness (QED) is 0.574. The Bertz CT molecular complexity index is 1270. The molecule has 2 aromatic rings. The zero-order valence-electron chi connectivity index (χ0n) is 21.1. The number of aryl methyl sites for hydroxylation is 1. The Balaban J connectivity index is 1.35. The number of nitriles is 1. The predicted octanol–water partition coefficient (Wildman–Crippen LogP) is 3.46. The van der Waals surface area contributed by atoms with Gasteiger partial charge in [0.25, 0.3) is 0 Å². The highest BCUT2D eigenvalue weighted by atomic mass is 16.6. The topological polar surface area (TPSA) is 138 Å². The molecule has 3 amide bonds. The Morgan fingerprint density at radius 3 is 2.89 bits per heavy atom. The van der Waals surface area contributed by atoms with E-state index in [0.717, 1.165) is 43.4 Å². The number of fused-ring (bicyclic) bond motifs is 1. The minimum atomic E-state index is -0.411. The number of aldehydes is 1. The molecule has 1 N–H and O–H groups in total. The predicted molar refractivity (Wildman–Crippen MR) is 137 cm³/mol. The molecule has 0 bridgehead atoms. The van der Waals surface area contributed by atoms with E-state index in [1.165, 1.54) is 11.1 Å². The highest BCUT2D eigenvalue weighted by Gasteiger charge is 2.28. The van der Waals surface area contributed by atoms with Crippen molar-refractivity contribution in [3.05, 3.63) is 46.3 Å². The van der Waals surface area contributed by atoms with Crippen LogP contribution in [0.15, 0.2) is 18.3 Å². The van der Waals surface area contributed by atoms with Crippen molar-refractivity contribution < 1.29 is 23.9 Å². The van der Waals surface area contributed by atoms with E-state index in [-0.39, 0.29) is 12.2 Å². The molecule has 3 aliphatic heterocycles. The van der Waals surface area contributed by atoms with E-state index in [4.69, 9.17) is 9.47 Å². The van der Waals surface area contributed by atoms with Gasteiger partial charge < -0.3 is 14.4 Å². The van der Waals surface area contributed by atoms with Gasteiger partial charge in [-0.3, -0.25) is 15.0 Å². The molecule has 2 saturated heterocycles. The van der Waals surface area contributed by atoms with Gasteiger partial charge >= 0.3 is 12.1 Å². The van der Waals surface area contributed by atoms with Gasteiger partial charge in [-0.05, 0) is 67.7 Å². The molecule has 0 radical (unpaired) electrons. The third-order valence-corrected chi connectivity index (χ3v) is 7.18. The van der Waals surface area contributed by atoms with Crippen LogP contribution >= 0.6 is 0 Å². The lowest BCUT2D eigenvalue weighted by atomic mass is 9.96. The maximum atomic E-state index is 13.3. The number of carbonyl (C=O) groups excluding carboxylic acids is 3. The summed E-state index contributed by atoms with van der Waals surface area (Å²) in [5, 5.41) is 12.3. The maximum Gasteiger partial charge on any atom is 0.410 e. The van der Waals surface area contributed by atoms with Gasteiger partial charge in [0.05, 0.1) is 18.7 Å². The maximum absolute atomic E-state index is 13.3. The van der Waals surface area contributed by atoms with Gasteiger partial charge in [-0.15, -0.1) is 0 Å². The highest BCUT2D eigenvalue weighted by molar-refractivity contribution is 6.01. The number of urea groups is 1. The van der Waals surface area contributed by atoms with Crippen molar-refractivity contribution in [2.24, 2.45) is 5.92 Å². The van der Waals surface area contributed by atoms with E-state index in [2.05, 4.69) is 21.4 Å². The fourth-order valence-electron chi connectivity index (χ4n) is 5.15. The first-order chi connectivity index (χ1) is 18.6. The number of hydrogen-bond donors (Lipinski definition) is 1. The molecule has 0 spiro atoms. The lowest BCUT2D eigenvalue weighted by molar-refractivity contribution is 0.109. The summed E-state index contributed by atoms with van der Waals surface area (Å²) in [7, 11) is 0. The molecule has 0 aliphatic carbocycles. The molecule has 5 rings (SSSR count). The molecule has 3 aliphatic rings. The Labute approximate surface area is 220 Å². The third kappa shape index (κ3) is 5.60. The Hall–Kier alpha value is -4.04. The van der Waals surface area contributed by atoms with Crippen molar-refractivity contribution in [3.63, 3.8) is 0 Å². The lowest BCUT2D eigenvalue weighted by Crippen LogP contribution is -2.40. The molecule has 0 aromatic carbocycles. The average molecular weight is 519 g/mol. The first-order valence-corrected chi connectivity index (χ1v) is 13.0. The minimum Gasteiger partial charge on any atom is -0.449 e. The van der Waals surface area contributed by atoms with Crippen LogP contribution < -0.4 is 10.2 Å². The number of nitrogens with one attached hydrogen (secondary N) is 1. The van der Waals surface area contributed by atoms with Crippen molar-refractivity contribution >= 4 is 30.0 Å². The van der Waals surface area contributed by atoms with Crippen molar-refractivity contribution in [3.8, 4) is 6.07 Å². The van der Waals surface area contributed by atoms with Gasteiger partial charge in [-0.1, -0.05) is 0 Å². The van der Waals surface area contributed by atoms with E-state index < -0.39 is 12.1 Å². The highest BCUT2D eigenvalue weighted by Crippen LogP contribution is 2.29. The van der Waals surface area contributed by atoms with Gasteiger partial charge in [-0.2, -0.15) is 5.26 Å². The Kier molecular flexibility index (Phi) is 7.79. The van der Waals surface area contributed by atoms with Crippen LogP contribution in [0.25, 0.3) is 0 Å². The molecule has 2 fully saturated rings. The monoisotopic (exact) mass is 518 g/mol. The smallest absolute Gasteiger partial charge is 0.410 e. The molecule has 11 nitrogen and oxygen atoms in total. The summed E-state index contributed by atoms with van der Waals surface area (Å²) in [6.07, 6.45) is 6.41. The normalized spacial score (nSPS) is 19.2. The second-order valence-corrected chi connectivity index (χ2v) is 9.83. The average Bonchev–Trinajstić information content (AvgIpc) is 3.36. The van der Waals surface area contributed by atoms with Gasteiger partial charge in [0.1, 0.15) is 23.4 Å². The van der Waals surface area contributed by atoms with E-state index in [1.807, 2.05) is 6.07 Å². The lowest BCUT2D eigenvalue weighted by Gasteiger charge is -2.29. The van der Waals surface area contributed by atoms with E-state index in [0.29, 0.717) is 74.1 Å². The molecule has 0 unspecified atom stereocenters. The van der Waals surface area contributed by atoms with E-state index in [9.17, 15) is 19.6 Å². The molecular weight excluding hydrogens is 488 g/mol. The standard InChI is InChI=1S/C27H30N6O5/c28-13-22-14-29-24(12-20(22)10-18-5-9-37-17-18)31-26(35)33-7-3-4-19-11-21(23(16-34)30-25(19)33)15-32-6-1-2-8-38-27(32)36/h11-12,14,16,18H,1-10,15,17H2,(H,29,31,35)/t18-/m1/s1. The molecule has 38 heavy (non-hydrogen) atoms. The molecule has 2 aromatic heterocycles. The third-order valence-electron chi connectivity index (χ3n) is 7.18. The van der Waals surface area contributed by atoms with Crippen LogP contribution in [0, 0.1) is 17.2 Å². The summed E-state index contributed by atoms with van der Waals surface area (Å²) in [5.74, 6) is 1.11. The number of cyclic esters (lactones) is 1. The molecule has 0 saturated carbocycles. The number of ether oxygens (including phenoxy) is 2. The largest absolute Gasteiger partial charge is 0.449 e. The van der Waals surface area contributed by atoms with Gasteiger partial charge in [-0.25, -0.2) is 19.6 Å². The van der Waals surface area contributed by atoms with Gasteiger partial charge in [0.2, 0.25) is 0 Å². The van der Waals surface area contributed by atoms with Crippen molar-refractivity contribution in [2.45, 2.75) is 45.1 Å². The Morgan fingerprint density at radius 1 is 1.21 bits per heavy atom. The molecule has 5 heterocycles. The fourth-order valence-corrected chi connectivity index (χ4v) is 5.15. The number of anilines is 2. The molecule has 11 heteroatoms. The van der Waals surface area contributed by atoms with Gasteiger partial charge in [0, 0.05) is 38.1 Å². The number of amides is 3. The SMILES string of the molecule is N#Cc1cnc(NC(=O)N2CCCc3cc(CN4CCCCOC4=O)c(C=O)nc32)cc1C[C@H]1CCOC1. The number of pyridine rings is 2. The molecular formula is C27H30N6O5. The van der Waals surface area contributed by atoms with Crippen LogP contribution in [0.3, 0.4) is 0 Å². The summed E-state index contributed by atoms with van der Waals surface area (Å²) in [5.41, 5.74) is 2.97. The van der Waals surface area contributed by atoms with Crippen LogP contribution in [-0.2, 0) is 28.9 Å². The zero-order valence-corrected chi connectivity index (χ0v) is 21.1. The number of nitrogens with zero attached hydrogens (tertiary/aromatic N) is 5. The molecule has 198 valence electrons. The first kappa shape index (κ1) is 25.6. The fraction of sp³-hybridized carbons (Fsp3) is 0.481. The van der Waals surface area contributed by atoms with Crippen LogP contribution in [0.4, 0.5) is 21.2 Å². The van der Waals surface area contributed by atoms with Crippen LogP contribution in [0.2, 0.25) is 0 Å². The van der Waals surface area contributed by atoms with Crippen LogP contribution in [-0.4, -0.2) is 66.2 Å². The summed E-state index contributed by atoms with van der Waals surface area (Å²) in [6.45, 7) is 2.98. The number of rotatable bonds is 6. The number of carbonyl (C=O) groups is 3.